The Balaban J connectivity index is 2.48. The standard InChI is InChI=1S/C6H11N2O/c1-6(2)3-8-5-9-4-7-8/h4-6H,3H2,1-2H3/q+1. The van der Waals surface area contributed by atoms with E-state index in [9.17, 15) is 0 Å². The molecule has 0 N–H and O–H groups in total. The van der Waals surface area contributed by atoms with Crippen molar-refractivity contribution in [1.82, 2.24) is 5.10 Å². The van der Waals surface area contributed by atoms with Gasteiger partial charge in [0.15, 0.2) is 6.54 Å². The van der Waals surface area contributed by atoms with Crippen molar-refractivity contribution in [3.63, 3.8) is 0 Å². The zero-order valence-electron chi connectivity index (χ0n) is 5.74. The Hall–Kier alpha value is -0.860. The fourth-order valence-electron chi connectivity index (χ4n) is 0.677. The first-order valence-corrected chi connectivity index (χ1v) is 3.07. The van der Waals surface area contributed by atoms with E-state index in [0.717, 1.165) is 6.54 Å². The lowest BCUT2D eigenvalue weighted by Gasteiger charge is -1.90. The predicted octanol–water partition coefficient (Wildman–Crippen LogP) is 0.618. The first-order valence-electron chi connectivity index (χ1n) is 3.07. The summed E-state index contributed by atoms with van der Waals surface area (Å²) in [5.41, 5.74) is 0. The van der Waals surface area contributed by atoms with Crippen LogP contribution in [0, 0.1) is 5.92 Å². The molecule has 0 saturated heterocycles. The van der Waals surface area contributed by atoms with E-state index in [0.29, 0.717) is 5.92 Å². The predicted molar refractivity (Wildman–Crippen MR) is 31.5 cm³/mol. The van der Waals surface area contributed by atoms with E-state index in [4.69, 9.17) is 4.42 Å². The summed E-state index contributed by atoms with van der Waals surface area (Å²) in [5, 5.41) is 3.91. The molecule has 1 heterocycles. The second-order valence-electron chi connectivity index (χ2n) is 2.48. The Labute approximate surface area is 54.3 Å². The Morgan fingerprint density at radius 2 is 2.44 bits per heavy atom. The van der Waals surface area contributed by atoms with E-state index >= 15 is 0 Å². The number of hydrogen-bond donors (Lipinski definition) is 0. The molecular weight excluding hydrogens is 116 g/mol. The van der Waals surface area contributed by atoms with Crippen LogP contribution in [0.2, 0.25) is 0 Å². The molecule has 0 spiro atoms. The third kappa shape index (κ3) is 1.83. The molecule has 0 aromatic carbocycles. The summed E-state index contributed by atoms with van der Waals surface area (Å²) in [4.78, 5) is 0. The van der Waals surface area contributed by atoms with Crippen LogP contribution in [-0.2, 0) is 6.54 Å². The zero-order chi connectivity index (χ0) is 6.69. The van der Waals surface area contributed by atoms with Crippen molar-refractivity contribution >= 4 is 0 Å². The highest BCUT2D eigenvalue weighted by Gasteiger charge is 2.05. The average molecular weight is 127 g/mol. The van der Waals surface area contributed by atoms with Crippen LogP contribution in [0.4, 0.5) is 0 Å². The van der Waals surface area contributed by atoms with E-state index < -0.39 is 0 Å². The van der Waals surface area contributed by atoms with Crippen molar-refractivity contribution in [2.45, 2.75) is 20.4 Å². The fourth-order valence-corrected chi connectivity index (χ4v) is 0.677. The van der Waals surface area contributed by atoms with Crippen LogP contribution in [0.25, 0.3) is 0 Å². The third-order valence-corrected chi connectivity index (χ3v) is 0.991. The quantitative estimate of drug-likeness (QED) is 0.545. The molecule has 50 valence electrons. The Morgan fingerprint density at radius 1 is 1.67 bits per heavy atom. The van der Waals surface area contributed by atoms with Gasteiger partial charge in [-0.25, -0.2) is 0 Å². The van der Waals surface area contributed by atoms with Crippen molar-refractivity contribution in [1.29, 1.82) is 0 Å². The number of hydrogen-bond acceptors (Lipinski definition) is 2. The summed E-state index contributed by atoms with van der Waals surface area (Å²) in [6.07, 6.45) is 3.04. The molecule has 0 radical (unpaired) electrons. The van der Waals surface area contributed by atoms with Crippen molar-refractivity contribution in [3.05, 3.63) is 12.8 Å². The van der Waals surface area contributed by atoms with E-state index in [1.807, 2.05) is 0 Å². The molecule has 1 aromatic heterocycles. The van der Waals surface area contributed by atoms with Gasteiger partial charge in [-0.2, -0.15) is 0 Å². The number of nitrogens with zero attached hydrogens (tertiary/aromatic N) is 2. The Morgan fingerprint density at radius 3 is 2.89 bits per heavy atom. The molecule has 1 aromatic rings. The monoisotopic (exact) mass is 127 g/mol. The lowest BCUT2D eigenvalue weighted by atomic mass is 10.2. The van der Waals surface area contributed by atoms with Crippen molar-refractivity contribution < 1.29 is 9.10 Å². The van der Waals surface area contributed by atoms with Crippen molar-refractivity contribution in [2.24, 2.45) is 5.92 Å². The lowest BCUT2D eigenvalue weighted by Crippen LogP contribution is -2.36. The van der Waals surface area contributed by atoms with Gasteiger partial charge in [0, 0.05) is 11.0 Å². The van der Waals surface area contributed by atoms with Gasteiger partial charge in [-0.15, -0.1) is 0 Å². The molecule has 9 heavy (non-hydrogen) atoms. The largest absolute Gasteiger partial charge is 0.391 e. The van der Waals surface area contributed by atoms with E-state index in [-0.39, 0.29) is 0 Å². The summed E-state index contributed by atoms with van der Waals surface area (Å²) in [5.74, 6) is 0.625. The van der Waals surface area contributed by atoms with Crippen LogP contribution in [-0.4, -0.2) is 5.10 Å². The van der Waals surface area contributed by atoms with Crippen LogP contribution < -0.4 is 4.68 Å². The molecule has 0 amide bonds. The van der Waals surface area contributed by atoms with Gasteiger partial charge in [-0.1, -0.05) is 18.5 Å². The maximum absolute atomic E-state index is 4.77. The number of rotatable bonds is 2. The third-order valence-electron chi connectivity index (χ3n) is 0.991. The van der Waals surface area contributed by atoms with Crippen LogP contribution in [0.5, 0.6) is 0 Å². The first kappa shape index (κ1) is 6.26. The minimum atomic E-state index is 0.625. The van der Waals surface area contributed by atoms with Crippen LogP contribution in [0.15, 0.2) is 17.2 Å². The van der Waals surface area contributed by atoms with Gasteiger partial charge in [-0.05, 0) is 0 Å². The van der Waals surface area contributed by atoms with E-state index in [2.05, 4.69) is 18.9 Å². The molecule has 0 atom stereocenters. The minimum Gasteiger partial charge on any atom is -0.391 e. The van der Waals surface area contributed by atoms with Gasteiger partial charge in [0.25, 0.3) is 6.39 Å². The molecule has 0 bridgehead atoms. The summed E-state index contributed by atoms with van der Waals surface area (Å²) < 4.78 is 6.55. The summed E-state index contributed by atoms with van der Waals surface area (Å²) in [6, 6.07) is 0. The minimum absolute atomic E-state index is 0.625. The van der Waals surface area contributed by atoms with E-state index in [1.54, 1.807) is 11.1 Å². The second-order valence-corrected chi connectivity index (χ2v) is 2.48. The maximum Gasteiger partial charge on any atom is 0.361 e. The van der Waals surface area contributed by atoms with Gasteiger partial charge in [-0.3, -0.25) is 0 Å². The molecule has 0 fully saturated rings. The lowest BCUT2D eigenvalue weighted by molar-refractivity contribution is -0.758. The fraction of sp³-hybridized carbons (Fsp3) is 0.667. The maximum atomic E-state index is 4.77. The SMILES string of the molecule is CC(C)C[n+]1cocn1. The van der Waals surface area contributed by atoms with Crippen LogP contribution in [0.3, 0.4) is 0 Å². The van der Waals surface area contributed by atoms with Gasteiger partial charge >= 0.3 is 6.39 Å². The second kappa shape index (κ2) is 2.62. The highest BCUT2D eigenvalue weighted by molar-refractivity contribution is 4.30. The highest BCUT2D eigenvalue weighted by Crippen LogP contribution is 1.88. The average Bonchev–Trinajstić information content (AvgIpc) is 2.15. The number of aromatic nitrogens is 2. The molecule has 3 heteroatoms. The van der Waals surface area contributed by atoms with Crippen LogP contribution in [0.1, 0.15) is 13.8 Å². The summed E-state index contributed by atoms with van der Waals surface area (Å²) in [7, 11) is 0. The summed E-state index contributed by atoms with van der Waals surface area (Å²) >= 11 is 0. The van der Waals surface area contributed by atoms with E-state index in [1.165, 1.54) is 6.39 Å². The molecule has 3 nitrogen and oxygen atoms in total. The van der Waals surface area contributed by atoms with Crippen molar-refractivity contribution in [2.75, 3.05) is 0 Å². The zero-order valence-corrected chi connectivity index (χ0v) is 5.74. The molecule has 0 aliphatic heterocycles. The molecule has 0 saturated carbocycles. The highest BCUT2D eigenvalue weighted by atomic mass is 16.3. The van der Waals surface area contributed by atoms with Crippen LogP contribution >= 0.6 is 0 Å². The molecule has 1 rings (SSSR count). The van der Waals surface area contributed by atoms with Gasteiger partial charge in [0.05, 0.1) is 0 Å². The van der Waals surface area contributed by atoms with Gasteiger partial charge in [0.2, 0.25) is 0 Å². The normalized spacial score (nSPS) is 10.6. The summed E-state index contributed by atoms with van der Waals surface area (Å²) in [6.45, 7) is 5.21. The molecule has 0 unspecified atom stereocenters. The Kier molecular flexibility index (Phi) is 1.82. The van der Waals surface area contributed by atoms with Gasteiger partial charge in [0.1, 0.15) is 0 Å². The molecule has 0 aliphatic carbocycles. The topological polar surface area (TPSA) is 29.9 Å². The molecular formula is C6H11N2O+. The first-order chi connectivity index (χ1) is 4.29. The van der Waals surface area contributed by atoms with Crippen molar-refractivity contribution in [3.8, 4) is 0 Å². The smallest absolute Gasteiger partial charge is 0.361 e. The van der Waals surface area contributed by atoms with Gasteiger partial charge < -0.3 is 4.42 Å². The Bertz CT molecular complexity index is 158. The molecule has 0 aliphatic rings.